The number of hydrogen-bond acceptors (Lipinski definition) is 5. The van der Waals surface area contributed by atoms with E-state index in [0.717, 1.165) is 11.1 Å². The van der Waals surface area contributed by atoms with Crippen LogP contribution in [0.25, 0.3) is 0 Å². The summed E-state index contributed by atoms with van der Waals surface area (Å²) >= 11 is 6.15. The fourth-order valence-corrected chi connectivity index (χ4v) is 2.79. The van der Waals surface area contributed by atoms with Crippen LogP contribution in [0.2, 0.25) is 5.02 Å². The lowest BCUT2D eigenvalue weighted by molar-refractivity contribution is -0.149. The Balaban J connectivity index is 1.83. The van der Waals surface area contributed by atoms with Gasteiger partial charge in [-0.15, -0.1) is 0 Å². The maximum atomic E-state index is 12.0. The Labute approximate surface area is 163 Å². The molecule has 2 aromatic rings. The van der Waals surface area contributed by atoms with Gasteiger partial charge < -0.3 is 19.5 Å². The van der Waals surface area contributed by atoms with E-state index in [2.05, 4.69) is 5.32 Å². The Morgan fingerprint density at radius 2 is 1.70 bits per heavy atom. The van der Waals surface area contributed by atoms with Crippen LogP contribution in [0.5, 0.6) is 11.5 Å². The minimum Gasteiger partial charge on any atom is -0.490 e. The number of hydrogen-bond donors (Lipinski definition) is 1. The van der Waals surface area contributed by atoms with Gasteiger partial charge in [0.25, 0.3) is 5.91 Å². The largest absolute Gasteiger partial charge is 0.490 e. The summed E-state index contributed by atoms with van der Waals surface area (Å²) in [5.74, 6) is -0.173. The van der Waals surface area contributed by atoms with Gasteiger partial charge in [0.2, 0.25) is 0 Å². The molecule has 0 heterocycles. The number of ether oxygens (including phenoxy) is 3. The van der Waals surface area contributed by atoms with Crippen LogP contribution in [0, 0.1) is 13.8 Å². The Bertz CT molecular complexity index is 799. The lowest BCUT2D eigenvalue weighted by Crippen LogP contribution is -2.24. The second kappa shape index (κ2) is 9.83. The van der Waals surface area contributed by atoms with E-state index in [4.69, 9.17) is 25.8 Å². The molecule has 0 saturated heterocycles. The third kappa shape index (κ3) is 6.18. The first-order chi connectivity index (χ1) is 12.9. The Hall–Kier alpha value is -2.73. The van der Waals surface area contributed by atoms with E-state index in [9.17, 15) is 9.59 Å². The molecule has 0 aromatic heterocycles. The lowest BCUT2D eigenvalue weighted by Gasteiger charge is -2.13. The number of nitrogens with one attached hydrogen (secondary N) is 1. The maximum Gasteiger partial charge on any atom is 0.344 e. The van der Waals surface area contributed by atoms with E-state index in [1.54, 1.807) is 30.3 Å². The van der Waals surface area contributed by atoms with E-state index >= 15 is 0 Å². The number of aryl methyl sites for hydroxylation is 2. The summed E-state index contributed by atoms with van der Waals surface area (Å²) in [6.45, 7) is 5.32. The highest BCUT2D eigenvalue weighted by molar-refractivity contribution is 6.34. The number of carbonyl (C=O) groups excluding carboxylic acids is 2. The smallest absolute Gasteiger partial charge is 0.344 e. The zero-order valence-electron chi connectivity index (χ0n) is 15.5. The van der Waals surface area contributed by atoms with E-state index in [0.29, 0.717) is 28.8 Å². The molecule has 0 fully saturated rings. The normalized spacial score (nSPS) is 10.2. The van der Waals surface area contributed by atoms with Crippen molar-refractivity contribution in [1.29, 1.82) is 0 Å². The van der Waals surface area contributed by atoms with Crippen LogP contribution in [-0.2, 0) is 14.3 Å². The SMILES string of the molecule is CCOc1ccccc1OCC(=O)OCC(=O)Nc1c(C)cc(C)cc1Cl. The highest BCUT2D eigenvalue weighted by Gasteiger charge is 2.13. The average molecular weight is 392 g/mol. The third-order valence-electron chi connectivity index (χ3n) is 3.55. The molecule has 0 radical (unpaired) electrons. The van der Waals surface area contributed by atoms with E-state index < -0.39 is 18.5 Å². The minimum absolute atomic E-state index is 0.332. The quantitative estimate of drug-likeness (QED) is 0.690. The molecule has 0 spiro atoms. The molecule has 0 aliphatic heterocycles. The first kappa shape index (κ1) is 20.6. The summed E-state index contributed by atoms with van der Waals surface area (Å²) in [6, 6.07) is 10.7. The second-order valence-electron chi connectivity index (χ2n) is 5.82. The van der Waals surface area contributed by atoms with Crippen LogP contribution in [-0.4, -0.2) is 31.7 Å². The van der Waals surface area contributed by atoms with Crippen molar-refractivity contribution < 1.29 is 23.8 Å². The van der Waals surface area contributed by atoms with Gasteiger partial charge in [0.05, 0.1) is 17.3 Å². The summed E-state index contributed by atoms with van der Waals surface area (Å²) in [4.78, 5) is 23.8. The number of carbonyl (C=O) groups is 2. The van der Waals surface area contributed by atoms with Crippen LogP contribution in [0.15, 0.2) is 36.4 Å². The van der Waals surface area contributed by atoms with Gasteiger partial charge >= 0.3 is 5.97 Å². The van der Waals surface area contributed by atoms with Gasteiger partial charge in [-0.25, -0.2) is 4.79 Å². The van der Waals surface area contributed by atoms with E-state index in [-0.39, 0.29) is 6.61 Å². The number of halogens is 1. The highest BCUT2D eigenvalue weighted by atomic mass is 35.5. The average Bonchev–Trinajstić information content (AvgIpc) is 2.62. The molecule has 0 saturated carbocycles. The van der Waals surface area contributed by atoms with Gasteiger partial charge in [0, 0.05) is 0 Å². The molecule has 6 nitrogen and oxygen atoms in total. The molecular weight excluding hydrogens is 370 g/mol. The molecule has 0 unspecified atom stereocenters. The van der Waals surface area contributed by atoms with Crippen molar-refractivity contribution in [3.63, 3.8) is 0 Å². The van der Waals surface area contributed by atoms with Gasteiger partial charge in [-0.2, -0.15) is 0 Å². The van der Waals surface area contributed by atoms with Crippen LogP contribution in [0.1, 0.15) is 18.1 Å². The third-order valence-corrected chi connectivity index (χ3v) is 3.85. The first-order valence-corrected chi connectivity index (χ1v) is 8.85. The van der Waals surface area contributed by atoms with Crippen LogP contribution in [0.4, 0.5) is 5.69 Å². The molecule has 0 aliphatic carbocycles. The standard InChI is InChI=1S/C20H22ClNO5/c1-4-25-16-7-5-6-8-17(16)26-12-19(24)27-11-18(23)22-20-14(3)9-13(2)10-15(20)21/h5-10H,4,11-12H2,1-3H3,(H,22,23). The maximum absolute atomic E-state index is 12.0. The zero-order chi connectivity index (χ0) is 19.8. The van der Waals surface area contributed by atoms with Gasteiger partial charge in [0.1, 0.15) is 0 Å². The number of anilines is 1. The molecule has 144 valence electrons. The molecule has 0 bridgehead atoms. The Morgan fingerprint density at radius 1 is 1.04 bits per heavy atom. The molecule has 2 aromatic carbocycles. The van der Waals surface area contributed by atoms with E-state index in [1.807, 2.05) is 26.8 Å². The summed E-state index contributed by atoms with van der Waals surface area (Å²) in [5, 5.41) is 3.09. The van der Waals surface area contributed by atoms with Gasteiger partial charge in [-0.3, -0.25) is 4.79 Å². The zero-order valence-corrected chi connectivity index (χ0v) is 16.3. The fraction of sp³-hybridized carbons (Fsp3) is 0.300. The lowest BCUT2D eigenvalue weighted by atomic mass is 10.1. The van der Waals surface area contributed by atoms with Gasteiger partial charge in [0.15, 0.2) is 24.7 Å². The molecule has 2 rings (SSSR count). The molecule has 0 aliphatic rings. The number of rotatable bonds is 8. The monoisotopic (exact) mass is 391 g/mol. The van der Waals surface area contributed by atoms with Crippen LogP contribution >= 0.6 is 11.6 Å². The second-order valence-corrected chi connectivity index (χ2v) is 6.22. The predicted octanol–water partition coefficient (Wildman–Crippen LogP) is 3.92. The minimum atomic E-state index is -0.664. The van der Waals surface area contributed by atoms with Crippen molar-refractivity contribution in [2.45, 2.75) is 20.8 Å². The molecule has 1 amide bonds. The number of amides is 1. The highest BCUT2D eigenvalue weighted by Crippen LogP contribution is 2.27. The first-order valence-electron chi connectivity index (χ1n) is 8.47. The molecule has 7 heteroatoms. The van der Waals surface area contributed by atoms with Crippen molar-refractivity contribution >= 4 is 29.2 Å². The summed E-state index contributed by atoms with van der Waals surface area (Å²) in [7, 11) is 0. The number of para-hydroxylation sites is 2. The Morgan fingerprint density at radius 3 is 2.33 bits per heavy atom. The topological polar surface area (TPSA) is 73.9 Å². The predicted molar refractivity (Wildman–Crippen MR) is 104 cm³/mol. The molecule has 1 N–H and O–H groups in total. The van der Waals surface area contributed by atoms with Crippen molar-refractivity contribution in [3.05, 3.63) is 52.5 Å². The molecule has 0 atom stereocenters. The van der Waals surface area contributed by atoms with E-state index in [1.165, 1.54) is 0 Å². The summed E-state index contributed by atoms with van der Waals surface area (Å²) < 4.78 is 15.8. The Kier molecular flexibility index (Phi) is 7.49. The molecular formula is C20H22ClNO5. The van der Waals surface area contributed by atoms with Crippen LogP contribution in [0.3, 0.4) is 0 Å². The van der Waals surface area contributed by atoms with Crippen LogP contribution < -0.4 is 14.8 Å². The van der Waals surface area contributed by atoms with Crippen molar-refractivity contribution in [3.8, 4) is 11.5 Å². The number of benzene rings is 2. The van der Waals surface area contributed by atoms with Gasteiger partial charge in [-0.05, 0) is 50.1 Å². The van der Waals surface area contributed by atoms with Crippen molar-refractivity contribution in [1.82, 2.24) is 0 Å². The van der Waals surface area contributed by atoms with Crippen molar-refractivity contribution in [2.24, 2.45) is 0 Å². The summed E-state index contributed by atoms with van der Waals surface area (Å²) in [5.41, 5.74) is 2.33. The fourth-order valence-electron chi connectivity index (χ4n) is 2.42. The number of esters is 1. The molecule has 27 heavy (non-hydrogen) atoms. The summed E-state index contributed by atoms with van der Waals surface area (Å²) in [6.07, 6.45) is 0. The van der Waals surface area contributed by atoms with Crippen molar-refractivity contribution in [2.75, 3.05) is 25.1 Å². The van der Waals surface area contributed by atoms with Gasteiger partial charge in [-0.1, -0.05) is 29.8 Å².